The minimum absolute atomic E-state index is 0.0823. The van der Waals surface area contributed by atoms with E-state index >= 15 is 0 Å². The molecule has 0 radical (unpaired) electrons. The van der Waals surface area contributed by atoms with Crippen LogP contribution < -0.4 is 10.1 Å². The molecule has 17 heavy (non-hydrogen) atoms. The first-order chi connectivity index (χ1) is 8.29. The third kappa shape index (κ3) is 2.90. The smallest absolute Gasteiger partial charge is 0.213 e. The van der Waals surface area contributed by atoms with Crippen LogP contribution >= 0.6 is 0 Å². The van der Waals surface area contributed by atoms with Gasteiger partial charge in [-0.25, -0.2) is 4.98 Å². The highest BCUT2D eigenvalue weighted by molar-refractivity contribution is 5.43. The number of aromatic nitrogens is 3. The first-order valence-electron chi connectivity index (χ1n) is 5.32. The van der Waals surface area contributed by atoms with E-state index in [2.05, 4.69) is 20.3 Å². The van der Waals surface area contributed by atoms with Gasteiger partial charge < -0.3 is 10.1 Å². The zero-order valence-corrected chi connectivity index (χ0v) is 9.79. The predicted octanol–water partition coefficient (Wildman–Crippen LogP) is 2.05. The van der Waals surface area contributed by atoms with Gasteiger partial charge in [0.1, 0.15) is 0 Å². The van der Waals surface area contributed by atoms with Gasteiger partial charge in [-0.15, -0.1) is 0 Å². The van der Waals surface area contributed by atoms with Crippen LogP contribution in [0, 0.1) is 0 Å². The van der Waals surface area contributed by atoms with Crippen LogP contribution in [0.25, 0.3) is 0 Å². The van der Waals surface area contributed by atoms with Gasteiger partial charge in [0.25, 0.3) is 0 Å². The molecular weight excluding hydrogens is 216 g/mol. The van der Waals surface area contributed by atoms with E-state index in [9.17, 15) is 0 Å². The molecule has 0 aromatic carbocycles. The first-order valence-corrected chi connectivity index (χ1v) is 5.32. The second-order valence-corrected chi connectivity index (χ2v) is 3.59. The normalized spacial score (nSPS) is 11.9. The van der Waals surface area contributed by atoms with Crippen molar-refractivity contribution in [3.05, 3.63) is 42.6 Å². The molecule has 2 aromatic heterocycles. The van der Waals surface area contributed by atoms with Crippen molar-refractivity contribution < 1.29 is 4.74 Å². The second-order valence-electron chi connectivity index (χ2n) is 3.59. The van der Waals surface area contributed by atoms with E-state index in [1.807, 2.05) is 19.1 Å². The summed E-state index contributed by atoms with van der Waals surface area (Å²) in [6.45, 7) is 2.02. The van der Waals surface area contributed by atoms with Crippen molar-refractivity contribution in [2.75, 3.05) is 12.4 Å². The lowest BCUT2D eigenvalue weighted by molar-refractivity contribution is 0.398. The largest absolute Gasteiger partial charge is 0.481 e. The van der Waals surface area contributed by atoms with Crippen molar-refractivity contribution in [3.8, 4) is 5.88 Å². The summed E-state index contributed by atoms with van der Waals surface area (Å²) in [4.78, 5) is 12.4. The molecule has 1 unspecified atom stereocenters. The third-order valence-corrected chi connectivity index (χ3v) is 2.36. The minimum Gasteiger partial charge on any atom is -0.481 e. The standard InChI is InChI=1S/C12H14N4O/c1-9(11-8-13-5-6-14-11)16-10-3-4-12(17-2)15-7-10/h3-9,16H,1-2H3. The summed E-state index contributed by atoms with van der Waals surface area (Å²) in [7, 11) is 1.59. The van der Waals surface area contributed by atoms with E-state index in [0.29, 0.717) is 5.88 Å². The lowest BCUT2D eigenvalue weighted by atomic mass is 10.2. The molecule has 5 nitrogen and oxygen atoms in total. The van der Waals surface area contributed by atoms with E-state index in [-0.39, 0.29) is 6.04 Å². The molecule has 0 fully saturated rings. The number of ether oxygens (including phenoxy) is 1. The molecule has 0 bridgehead atoms. The first kappa shape index (κ1) is 11.3. The molecule has 88 valence electrons. The fourth-order valence-corrected chi connectivity index (χ4v) is 1.44. The molecule has 2 heterocycles. The molecule has 0 saturated carbocycles. The Hall–Kier alpha value is -2.17. The molecular formula is C12H14N4O. The highest BCUT2D eigenvalue weighted by Gasteiger charge is 2.06. The number of nitrogens with zero attached hydrogens (tertiary/aromatic N) is 3. The topological polar surface area (TPSA) is 59.9 Å². The fourth-order valence-electron chi connectivity index (χ4n) is 1.44. The third-order valence-electron chi connectivity index (χ3n) is 2.36. The molecule has 0 aliphatic heterocycles. The van der Waals surface area contributed by atoms with Crippen molar-refractivity contribution in [3.63, 3.8) is 0 Å². The number of methoxy groups -OCH3 is 1. The Morgan fingerprint density at radius 3 is 2.65 bits per heavy atom. The molecule has 1 atom stereocenters. The summed E-state index contributed by atoms with van der Waals surface area (Å²) in [5.41, 5.74) is 1.81. The summed E-state index contributed by atoms with van der Waals surface area (Å²) >= 11 is 0. The molecule has 0 spiro atoms. The highest BCUT2D eigenvalue weighted by atomic mass is 16.5. The SMILES string of the molecule is COc1ccc(NC(C)c2cnccn2)cn1. The van der Waals surface area contributed by atoms with Crippen molar-refractivity contribution >= 4 is 5.69 Å². The Morgan fingerprint density at radius 2 is 2.06 bits per heavy atom. The van der Waals surface area contributed by atoms with E-state index in [1.165, 1.54) is 0 Å². The van der Waals surface area contributed by atoms with Crippen molar-refractivity contribution in [2.45, 2.75) is 13.0 Å². The van der Waals surface area contributed by atoms with E-state index in [1.54, 1.807) is 31.9 Å². The average Bonchev–Trinajstić information content (AvgIpc) is 2.40. The van der Waals surface area contributed by atoms with E-state index in [0.717, 1.165) is 11.4 Å². The van der Waals surface area contributed by atoms with E-state index in [4.69, 9.17) is 4.74 Å². The summed E-state index contributed by atoms with van der Waals surface area (Å²) in [6.07, 6.45) is 6.81. The Bertz CT molecular complexity index is 458. The number of anilines is 1. The molecule has 0 saturated heterocycles. The monoisotopic (exact) mass is 230 g/mol. The van der Waals surface area contributed by atoms with Gasteiger partial charge in [-0.2, -0.15) is 0 Å². The van der Waals surface area contributed by atoms with Gasteiger partial charge in [0.15, 0.2) is 0 Å². The lowest BCUT2D eigenvalue weighted by Gasteiger charge is -2.13. The van der Waals surface area contributed by atoms with Crippen molar-refractivity contribution in [2.24, 2.45) is 0 Å². The number of nitrogens with one attached hydrogen (secondary N) is 1. The van der Waals surface area contributed by atoms with Crippen LogP contribution in [0.1, 0.15) is 18.7 Å². The highest BCUT2D eigenvalue weighted by Crippen LogP contribution is 2.17. The van der Waals surface area contributed by atoms with Crippen molar-refractivity contribution in [1.82, 2.24) is 15.0 Å². The van der Waals surface area contributed by atoms with Gasteiger partial charge in [0, 0.05) is 18.5 Å². The van der Waals surface area contributed by atoms with Crippen LogP contribution in [-0.2, 0) is 0 Å². The lowest BCUT2D eigenvalue weighted by Crippen LogP contribution is -2.08. The molecule has 5 heteroatoms. The molecule has 0 aliphatic rings. The molecule has 1 N–H and O–H groups in total. The number of rotatable bonds is 4. The van der Waals surface area contributed by atoms with Crippen LogP contribution in [0.4, 0.5) is 5.69 Å². The molecule has 2 rings (SSSR count). The van der Waals surface area contributed by atoms with Crippen LogP contribution in [-0.4, -0.2) is 22.1 Å². The average molecular weight is 230 g/mol. The summed E-state index contributed by atoms with van der Waals surface area (Å²) in [5.74, 6) is 0.600. The van der Waals surface area contributed by atoms with Crippen molar-refractivity contribution in [1.29, 1.82) is 0 Å². The maximum absolute atomic E-state index is 5.00. The second kappa shape index (κ2) is 5.25. The fraction of sp³-hybridized carbons (Fsp3) is 0.250. The zero-order chi connectivity index (χ0) is 12.1. The molecule has 0 aliphatic carbocycles. The summed E-state index contributed by atoms with van der Waals surface area (Å²) in [6, 6.07) is 3.81. The Morgan fingerprint density at radius 1 is 1.18 bits per heavy atom. The maximum atomic E-state index is 5.00. The van der Waals surface area contributed by atoms with Crippen LogP contribution in [0.2, 0.25) is 0 Å². The van der Waals surface area contributed by atoms with E-state index < -0.39 is 0 Å². The Balaban J connectivity index is 2.05. The van der Waals surface area contributed by atoms with Crippen LogP contribution in [0.5, 0.6) is 5.88 Å². The van der Waals surface area contributed by atoms with Crippen LogP contribution in [0.15, 0.2) is 36.9 Å². The Kier molecular flexibility index (Phi) is 3.49. The minimum atomic E-state index is 0.0823. The zero-order valence-electron chi connectivity index (χ0n) is 9.79. The van der Waals surface area contributed by atoms with Gasteiger partial charge in [0.05, 0.1) is 36.9 Å². The number of pyridine rings is 1. The number of hydrogen-bond acceptors (Lipinski definition) is 5. The molecule has 2 aromatic rings. The predicted molar refractivity (Wildman–Crippen MR) is 64.9 cm³/mol. The van der Waals surface area contributed by atoms with Gasteiger partial charge >= 0.3 is 0 Å². The quantitative estimate of drug-likeness (QED) is 0.871. The van der Waals surface area contributed by atoms with Gasteiger partial charge in [-0.05, 0) is 13.0 Å². The molecule has 0 amide bonds. The summed E-state index contributed by atoms with van der Waals surface area (Å²) < 4.78 is 5.00. The Labute approximate surface area is 99.9 Å². The number of hydrogen-bond donors (Lipinski definition) is 1. The van der Waals surface area contributed by atoms with Crippen LogP contribution in [0.3, 0.4) is 0 Å². The summed E-state index contributed by atoms with van der Waals surface area (Å²) in [5, 5.41) is 3.29. The van der Waals surface area contributed by atoms with Gasteiger partial charge in [0.2, 0.25) is 5.88 Å². The maximum Gasteiger partial charge on any atom is 0.213 e. The van der Waals surface area contributed by atoms with Gasteiger partial charge in [-0.1, -0.05) is 0 Å². The van der Waals surface area contributed by atoms with Gasteiger partial charge in [-0.3, -0.25) is 9.97 Å².